The van der Waals surface area contributed by atoms with Crippen LogP contribution < -0.4 is 4.57 Å². The summed E-state index contributed by atoms with van der Waals surface area (Å²) in [5, 5.41) is 0. The molecule has 0 aliphatic heterocycles. The Morgan fingerprint density at radius 2 is 1.38 bits per heavy atom. The first-order chi connectivity index (χ1) is 8.70. The van der Waals surface area contributed by atoms with Gasteiger partial charge in [0.25, 0.3) is 5.82 Å². The second-order valence-corrected chi connectivity index (χ2v) is 3.66. The molecule has 2 nitrogen and oxygen atoms in total. The van der Waals surface area contributed by atoms with Gasteiger partial charge in [-0.05, 0) is 18.6 Å². The average molecular weight is 514 g/mol. The molecule has 21 heavy (non-hydrogen) atoms. The van der Waals surface area contributed by atoms with Gasteiger partial charge in [0.05, 0.1) is 19.7 Å². The Bertz CT molecular complexity index is 449. The van der Waals surface area contributed by atoms with E-state index in [0.29, 0.717) is 0 Å². The number of benzene rings is 1. The van der Waals surface area contributed by atoms with Crippen LogP contribution in [-0.4, -0.2) is 4.57 Å². The van der Waals surface area contributed by atoms with E-state index in [-0.39, 0.29) is 98.1 Å². The predicted molar refractivity (Wildman–Crippen MR) is 79.5 cm³/mol. The van der Waals surface area contributed by atoms with Crippen molar-refractivity contribution in [1.82, 2.24) is 4.57 Å². The monoisotopic (exact) mass is 514 g/mol. The third-order valence-corrected chi connectivity index (χ3v) is 2.57. The quantitative estimate of drug-likeness (QED) is 0.512. The molecule has 0 saturated heterocycles. The first-order valence-electron chi connectivity index (χ1n) is 6.77. The molecule has 0 unspecified atom stereocenters. The molecule has 1 aromatic carbocycles. The van der Waals surface area contributed by atoms with Gasteiger partial charge in [0.2, 0.25) is 0 Å². The molecule has 5 heteroatoms. The smallest absolute Gasteiger partial charge is 0.233 e. The van der Waals surface area contributed by atoms with Gasteiger partial charge in [0.1, 0.15) is 12.4 Å². The summed E-state index contributed by atoms with van der Waals surface area (Å²) < 4.78 is 4.28. The summed E-state index contributed by atoms with van der Waals surface area (Å²) in [5.74, 6) is 1.24. The summed E-state index contributed by atoms with van der Waals surface area (Å²) >= 11 is 0. The predicted octanol–water partition coefficient (Wildman–Crippen LogP) is 3.87. The molecule has 0 spiro atoms. The van der Waals surface area contributed by atoms with Crippen LogP contribution in [0.15, 0.2) is 36.7 Å². The molecule has 2 aromatic rings. The van der Waals surface area contributed by atoms with E-state index in [1.165, 1.54) is 17.0 Å². The molecule has 1 aromatic heterocycles. The normalized spacial score (nSPS) is 7.57. The van der Waals surface area contributed by atoms with E-state index in [4.69, 9.17) is 0 Å². The fourth-order valence-electron chi connectivity index (χ4n) is 1.79. The van der Waals surface area contributed by atoms with Gasteiger partial charge in [-0.2, -0.15) is 0 Å². The maximum absolute atomic E-state index is 2.16. The molecule has 0 saturated carbocycles. The number of aryl methyl sites for hydroxylation is 3. The number of hydrogen-bond acceptors (Lipinski definition) is 0. The molecule has 0 atom stereocenters. The zero-order valence-corrected chi connectivity index (χ0v) is 23.1. The Labute approximate surface area is 206 Å². The molecule has 0 aliphatic carbocycles. The van der Waals surface area contributed by atoms with E-state index in [1.807, 2.05) is 27.7 Å². The summed E-state index contributed by atoms with van der Waals surface area (Å²) in [6.45, 7) is 10.1. The van der Waals surface area contributed by atoms with Gasteiger partial charge in [0.15, 0.2) is 0 Å². The zero-order chi connectivity index (χ0) is 14.1. The Balaban J connectivity index is -0.000000191. The van der Waals surface area contributed by atoms with E-state index >= 15 is 0 Å². The van der Waals surface area contributed by atoms with Gasteiger partial charge >= 0.3 is 0 Å². The summed E-state index contributed by atoms with van der Waals surface area (Å²) in [6.07, 6.45) is 4.14. The molecule has 0 amide bonds. The van der Waals surface area contributed by atoms with Crippen molar-refractivity contribution in [2.24, 2.45) is 14.1 Å². The summed E-state index contributed by atoms with van der Waals surface area (Å²) in [6, 6.07) is 8.45. The molecule has 0 bridgehead atoms. The minimum absolute atomic E-state index is 0. The first-order valence-corrected chi connectivity index (χ1v) is 6.77. The number of imidazole rings is 1. The van der Waals surface area contributed by atoms with Crippen LogP contribution in [0.2, 0.25) is 0 Å². The van der Waals surface area contributed by atoms with Crippen LogP contribution in [0.25, 0.3) is 11.4 Å². The Kier molecular flexibility index (Phi) is 26.4. The van der Waals surface area contributed by atoms with Gasteiger partial charge in [-0.1, -0.05) is 45.9 Å². The van der Waals surface area contributed by atoms with Crippen LogP contribution >= 0.6 is 0 Å². The van der Waals surface area contributed by atoms with Crippen LogP contribution in [0.5, 0.6) is 0 Å². The van der Waals surface area contributed by atoms with Crippen LogP contribution in [0, 0.1) is 6.92 Å². The van der Waals surface area contributed by atoms with E-state index in [0.717, 1.165) is 0 Å². The minimum atomic E-state index is 0. The van der Waals surface area contributed by atoms with E-state index in [1.54, 1.807) is 0 Å². The second-order valence-electron chi connectivity index (χ2n) is 3.66. The maximum atomic E-state index is 2.16. The van der Waals surface area contributed by atoms with E-state index in [2.05, 4.69) is 66.8 Å². The van der Waals surface area contributed by atoms with Crippen LogP contribution in [-0.2, 0) is 112 Å². The minimum Gasteiger partial charge on any atom is -0.233 e. The standard InChI is InChI=1S/C12H15N2.2C2H6.3Y/c1-10-6-4-5-7-11(10)12-13(2)8-9-14(12)3;2*1-2;;;/h4-9H,1-3H3;2*1-2H3;;;/q+1;;;;;. The molecular weight excluding hydrogens is 487 g/mol. The van der Waals surface area contributed by atoms with Crippen molar-refractivity contribution in [2.45, 2.75) is 34.6 Å². The SMILES string of the molecule is CC.CC.Cc1ccccc1-c1n(C)cc[n+]1C.[Y].[Y].[Y]. The summed E-state index contributed by atoms with van der Waals surface area (Å²) in [7, 11) is 4.14. The summed E-state index contributed by atoms with van der Waals surface area (Å²) in [4.78, 5) is 0. The largest absolute Gasteiger partial charge is 0.288 e. The third-order valence-electron chi connectivity index (χ3n) is 2.57. The molecule has 0 N–H and O–H groups in total. The number of nitrogens with zero attached hydrogens (tertiary/aromatic N) is 2. The van der Waals surface area contributed by atoms with Crippen LogP contribution in [0.3, 0.4) is 0 Å². The van der Waals surface area contributed by atoms with Crippen LogP contribution in [0.4, 0.5) is 0 Å². The number of aromatic nitrogens is 2. The van der Waals surface area contributed by atoms with Crippen molar-refractivity contribution in [1.29, 1.82) is 0 Å². The molecule has 1 heterocycles. The molecule has 0 fully saturated rings. The van der Waals surface area contributed by atoms with Gasteiger partial charge in [-0.3, -0.25) is 0 Å². The van der Waals surface area contributed by atoms with Crippen molar-refractivity contribution < 1.29 is 103 Å². The molecule has 109 valence electrons. The average Bonchev–Trinajstić information content (AvgIpc) is 2.75. The molecular formula is C16H27N2Y3+. The Morgan fingerprint density at radius 1 is 0.905 bits per heavy atom. The van der Waals surface area contributed by atoms with Crippen molar-refractivity contribution >= 4 is 0 Å². The van der Waals surface area contributed by atoms with Crippen LogP contribution in [0.1, 0.15) is 33.3 Å². The van der Waals surface area contributed by atoms with Crippen molar-refractivity contribution in [3.05, 3.63) is 42.2 Å². The molecule has 2 rings (SSSR count). The zero-order valence-electron chi connectivity index (χ0n) is 14.6. The maximum Gasteiger partial charge on any atom is 0.288 e. The fraction of sp³-hybridized carbons (Fsp3) is 0.438. The third kappa shape index (κ3) is 9.58. The molecule has 0 aliphatic rings. The number of hydrogen-bond donors (Lipinski definition) is 0. The second kappa shape index (κ2) is 18.1. The van der Waals surface area contributed by atoms with Crippen molar-refractivity contribution in [3.63, 3.8) is 0 Å². The van der Waals surface area contributed by atoms with E-state index < -0.39 is 0 Å². The van der Waals surface area contributed by atoms with Gasteiger partial charge in [-0.15, -0.1) is 0 Å². The Hall–Kier alpha value is 1.74. The molecule has 3 radical (unpaired) electrons. The van der Waals surface area contributed by atoms with Gasteiger partial charge in [0, 0.05) is 98.1 Å². The Morgan fingerprint density at radius 3 is 1.76 bits per heavy atom. The van der Waals surface area contributed by atoms with E-state index in [9.17, 15) is 0 Å². The topological polar surface area (TPSA) is 8.81 Å². The number of rotatable bonds is 1. The van der Waals surface area contributed by atoms with Crippen molar-refractivity contribution in [2.75, 3.05) is 0 Å². The van der Waals surface area contributed by atoms with Gasteiger partial charge < -0.3 is 0 Å². The first kappa shape index (κ1) is 30.6. The summed E-state index contributed by atoms with van der Waals surface area (Å²) in [5.41, 5.74) is 2.60. The van der Waals surface area contributed by atoms with Crippen molar-refractivity contribution in [3.8, 4) is 11.4 Å². The van der Waals surface area contributed by atoms with Gasteiger partial charge in [-0.25, -0.2) is 9.13 Å². The fourth-order valence-corrected chi connectivity index (χ4v) is 1.79.